The lowest BCUT2D eigenvalue weighted by Gasteiger charge is -2.14. The second kappa shape index (κ2) is 12.5. The third kappa shape index (κ3) is 7.27. The Bertz CT molecular complexity index is 1560. The number of hydrogen-bond donors (Lipinski definition) is 3. The molecule has 0 spiro atoms. The van der Waals surface area contributed by atoms with Gasteiger partial charge in [-0.1, -0.05) is 44.0 Å². The predicted molar refractivity (Wildman–Crippen MR) is 160 cm³/mol. The fraction of sp³-hybridized carbons (Fsp3) is 0.241. The van der Waals surface area contributed by atoms with Crippen molar-refractivity contribution in [2.45, 2.75) is 32.6 Å². The van der Waals surface area contributed by atoms with Gasteiger partial charge in [-0.25, -0.2) is 9.48 Å². The normalized spacial score (nSPS) is 11.1. The molecule has 0 atom stereocenters. The quantitative estimate of drug-likeness (QED) is 0.211. The van der Waals surface area contributed by atoms with Gasteiger partial charge >= 0.3 is 6.03 Å². The van der Waals surface area contributed by atoms with Gasteiger partial charge in [0.1, 0.15) is 28.1 Å². The van der Waals surface area contributed by atoms with Gasteiger partial charge in [0, 0.05) is 30.8 Å². The highest BCUT2D eigenvalue weighted by Gasteiger charge is 2.22. The highest BCUT2D eigenvalue weighted by Crippen LogP contribution is 2.39. The summed E-state index contributed by atoms with van der Waals surface area (Å²) in [6, 6.07) is 15.0. The molecule has 10 nitrogen and oxygen atoms in total. The number of carbonyl (C=O) groups excluding carboxylic acids is 2. The fourth-order valence-electron chi connectivity index (χ4n) is 3.73. The van der Waals surface area contributed by atoms with Gasteiger partial charge in [-0.15, -0.1) is 0 Å². The van der Waals surface area contributed by atoms with Crippen LogP contribution in [0.4, 0.5) is 16.3 Å². The topological polar surface area (TPSA) is 119 Å². The summed E-state index contributed by atoms with van der Waals surface area (Å²) in [7, 11) is 3.15. The van der Waals surface area contributed by atoms with Gasteiger partial charge in [0.05, 0.1) is 41.3 Å². The van der Waals surface area contributed by atoms with Gasteiger partial charge < -0.3 is 20.1 Å². The summed E-state index contributed by atoms with van der Waals surface area (Å²) in [5, 5.41) is 13.1. The van der Waals surface area contributed by atoms with Gasteiger partial charge in [-0.3, -0.25) is 15.1 Å². The monoisotopic (exact) mass is 596 g/mol. The van der Waals surface area contributed by atoms with Crippen molar-refractivity contribution in [1.29, 1.82) is 0 Å². The van der Waals surface area contributed by atoms with Crippen molar-refractivity contribution in [1.82, 2.24) is 20.1 Å². The number of methoxy groups -OCH3 is 1. The Morgan fingerprint density at radius 3 is 2.34 bits per heavy atom. The van der Waals surface area contributed by atoms with Crippen molar-refractivity contribution >= 4 is 46.6 Å². The molecule has 0 saturated heterocycles. The van der Waals surface area contributed by atoms with Crippen LogP contribution in [0.3, 0.4) is 0 Å². The first kappa shape index (κ1) is 29.7. The summed E-state index contributed by atoms with van der Waals surface area (Å²) >= 11 is 13.0. The van der Waals surface area contributed by atoms with E-state index in [1.807, 2.05) is 51.1 Å². The third-order valence-corrected chi connectivity index (χ3v) is 6.83. The first-order chi connectivity index (χ1) is 19.5. The molecule has 0 unspecified atom stereocenters. The van der Waals surface area contributed by atoms with E-state index in [0.717, 1.165) is 11.4 Å². The van der Waals surface area contributed by atoms with Gasteiger partial charge in [-0.05, 0) is 42.5 Å². The van der Waals surface area contributed by atoms with E-state index in [0.29, 0.717) is 23.0 Å². The number of nitrogens with one attached hydrogen (secondary N) is 3. The number of carbonyl (C=O) groups is 2. The lowest BCUT2D eigenvalue weighted by atomic mass is 9.92. The number of benzene rings is 2. The summed E-state index contributed by atoms with van der Waals surface area (Å²) in [6.45, 7) is 6.12. The molecular weight excluding hydrogens is 567 g/mol. The lowest BCUT2D eigenvalue weighted by molar-refractivity contribution is -0.120. The van der Waals surface area contributed by atoms with Gasteiger partial charge in [0.25, 0.3) is 0 Å². The average Bonchev–Trinajstić information content (AvgIpc) is 3.37. The second-order valence-corrected chi connectivity index (χ2v) is 10.8. The molecule has 214 valence electrons. The molecule has 3 N–H and O–H groups in total. The molecule has 2 aromatic heterocycles. The number of nitrogens with zero attached hydrogens (tertiary/aromatic N) is 3. The van der Waals surface area contributed by atoms with Crippen LogP contribution in [0.2, 0.25) is 10.0 Å². The van der Waals surface area contributed by atoms with Gasteiger partial charge in [0.15, 0.2) is 0 Å². The number of urea groups is 1. The largest absolute Gasteiger partial charge is 0.497 e. The zero-order valence-corrected chi connectivity index (χ0v) is 24.7. The zero-order chi connectivity index (χ0) is 29.7. The van der Waals surface area contributed by atoms with E-state index in [2.05, 4.69) is 20.9 Å². The van der Waals surface area contributed by atoms with Crippen LogP contribution in [0.5, 0.6) is 17.2 Å². The molecule has 0 saturated carbocycles. The Hall–Kier alpha value is -4.28. The fourth-order valence-corrected chi connectivity index (χ4v) is 4.14. The molecule has 4 aromatic rings. The van der Waals surface area contributed by atoms with Crippen LogP contribution < -0.4 is 25.4 Å². The molecule has 3 amide bonds. The number of anilines is 2. The van der Waals surface area contributed by atoms with Crippen molar-refractivity contribution in [2.75, 3.05) is 24.8 Å². The molecule has 0 aliphatic carbocycles. The van der Waals surface area contributed by atoms with Crippen LogP contribution in [0, 0.1) is 0 Å². The predicted octanol–water partition coefficient (Wildman–Crippen LogP) is 6.61. The molecule has 0 bridgehead atoms. The molecule has 0 aliphatic heterocycles. The number of amides is 3. The Morgan fingerprint density at radius 1 is 0.951 bits per heavy atom. The van der Waals surface area contributed by atoms with E-state index >= 15 is 0 Å². The Balaban J connectivity index is 1.52. The maximum atomic E-state index is 13.1. The van der Waals surface area contributed by atoms with Crippen molar-refractivity contribution in [3.05, 3.63) is 82.2 Å². The molecule has 41 heavy (non-hydrogen) atoms. The van der Waals surface area contributed by atoms with E-state index in [9.17, 15) is 9.59 Å². The smallest absolute Gasteiger partial charge is 0.324 e. The molecule has 0 aliphatic rings. The molecule has 4 rings (SSSR count). The van der Waals surface area contributed by atoms with Crippen LogP contribution >= 0.6 is 23.2 Å². The minimum absolute atomic E-state index is 0.0954. The summed E-state index contributed by atoms with van der Waals surface area (Å²) in [4.78, 5) is 28.9. The molecular formula is C29H30Cl2N6O4. The zero-order valence-electron chi connectivity index (χ0n) is 23.2. The molecule has 2 heterocycles. The number of hydrogen-bond acceptors (Lipinski definition) is 6. The Kier molecular flexibility index (Phi) is 9.05. The molecule has 0 radical (unpaired) electrons. The molecule has 2 aromatic carbocycles. The molecule has 12 heteroatoms. The van der Waals surface area contributed by atoms with Crippen molar-refractivity contribution in [3.8, 4) is 22.9 Å². The minimum atomic E-state index is -0.542. The van der Waals surface area contributed by atoms with Crippen molar-refractivity contribution in [3.63, 3.8) is 0 Å². The Labute approximate surface area is 248 Å². The summed E-state index contributed by atoms with van der Waals surface area (Å²) < 4.78 is 12.8. The third-order valence-electron chi connectivity index (χ3n) is 5.97. The first-order valence-electron chi connectivity index (χ1n) is 12.6. The van der Waals surface area contributed by atoms with E-state index in [1.165, 1.54) is 6.20 Å². The second-order valence-electron chi connectivity index (χ2n) is 10.0. The number of halogens is 2. The minimum Gasteiger partial charge on any atom is -0.497 e. The summed E-state index contributed by atoms with van der Waals surface area (Å²) in [5.41, 5.74) is 2.09. The van der Waals surface area contributed by atoms with Crippen LogP contribution in [-0.4, -0.2) is 40.9 Å². The highest BCUT2D eigenvalue weighted by molar-refractivity contribution is 6.45. The van der Waals surface area contributed by atoms with Gasteiger partial charge in [-0.2, -0.15) is 5.10 Å². The van der Waals surface area contributed by atoms with Gasteiger partial charge in [0.2, 0.25) is 5.91 Å². The number of rotatable bonds is 8. The molecule has 0 fully saturated rings. The van der Waals surface area contributed by atoms with Crippen LogP contribution in [-0.2, 0) is 16.6 Å². The summed E-state index contributed by atoms with van der Waals surface area (Å²) in [6.07, 6.45) is 1.64. The van der Waals surface area contributed by atoms with E-state index in [4.69, 9.17) is 37.8 Å². The van der Waals surface area contributed by atoms with Crippen LogP contribution in [0.25, 0.3) is 5.69 Å². The SMILES string of the molecule is CNC(=O)Cc1cc(Oc2ccc(NC(=O)Nc3cc(C(C)(C)C)nn3-c3ccc(OC)cc3)c(Cl)c2Cl)ccn1. The van der Waals surface area contributed by atoms with E-state index in [1.54, 1.807) is 43.1 Å². The van der Waals surface area contributed by atoms with E-state index in [-0.39, 0.29) is 39.2 Å². The highest BCUT2D eigenvalue weighted by atomic mass is 35.5. The Morgan fingerprint density at radius 2 is 1.68 bits per heavy atom. The maximum absolute atomic E-state index is 13.1. The van der Waals surface area contributed by atoms with Crippen molar-refractivity contribution < 1.29 is 19.1 Å². The number of likely N-dealkylation sites (N-methyl/N-ethyl adjacent to an activating group) is 1. The van der Waals surface area contributed by atoms with Crippen molar-refractivity contribution in [2.24, 2.45) is 0 Å². The number of aromatic nitrogens is 3. The lowest BCUT2D eigenvalue weighted by Crippen LogP contribution is -2.21. The maximum Gasteiger partial charge on any atom is 0.324 e. The summed E-state index contributed by atoms with van der Waals surface area (Å²) in [5.74, 6) is 1.69. The number of pyridine rings is 1. The van der Waals surface area contributed by atoms with E-state index < -0.39 is 6.03 Å². The average molecular weight is 598 g/mol. The number of ether oxygens (including phenoxy) is 2. The van der Waals surface area contributed by atoms with Crippen LogP contribution in [0.15, 0.2) is 60.8 Å². The van der Waals surface area contributed by atoms with Crippen LogP contribution in [0.1, 0.15) is 32.2 Å². The first-order valence-corrected chi connectivity index (χ1v) is 13.4. The standard InChI is InChI=1S/C29H30Cl2N6O4/c1-29(2,3)23-16-24(37(36-23)18-6-8-19(40-5)9-7-18)35-28(39)34-21-10-11-22(27(31)26(21)30)41-20-12-13-33-17(14-20)15-25(38)32-4/h6-14,16H,15H2,1-5H3,(H,32,38)(H2,34,35,39).